The maximum Gasteiger partial charge on any atom is 0.0119 e. The number of fused-ring (bicyclic) bond motifs is 1. The van der Waals surface area contributed by atoms with Crippen LogP contribution in [0.25, 0.3) is 21.9 Å². The van der Waals surface area contributed by atoms with Gasteiger partial charge in [0.1, 0.15) is 0 Å². The predicted molar refractivity (Wildman–Crippen MR) is 76.6 cm³/mol. The van der Waals surface area contributed by atoms with Gasteiger partial charge >= 0.3 is 0 Å². The Balaban J connectivity index is 2.35. The zero-order valence-corrected chi connectivity index (χ0v) is 10.2. The lowest BCUT2D eigenvalue weighted by Gasteiger charge is -2.08. The van der Waals surface area contributed by atoms with Crippen LogP contribution in [0.1, 0.15) is 0 Å². The van der Waals surface area contributed by atoms with Crippen LogP contribution in [0, 0.1) is 0 Å². The molecule has 0 N–H and O–H groups in total. The smallest absolute Gasteiger partial charge is 0.0119 e. The minimum atomic E-state index is 1.03. The van der Waals surface area contributed by atoms with E-state index in [0.717, 1.165) is 4.90 Å². The van der Waals surface area contributed by atoms with Crippen LogP contribution in [0.5, 0.6) is 0 Å². The number of hydrogen-bond acceptors (Lipinski definition) is 1. The summed E-state index contributed by atoms with van der Waals surface area (Å²) in [5, 5.41) is 2.46. The summed E-state index contributed by atoms with van der Waals surface area (Å²) in [6.07, 6.45) is 0. The van der Waals surface area contributed by atoms with Crippen LogP contribution in [0.15, 0.2) is 71.6 Å². The summed E-state index contributed by atoms with van der Waals surface area (Å²) >= 11 is 4.51. The standard InChI is InChI=1S/C16H12S/c17-16-11-5-9-14-13(8-4-10-15(14)16)12-6-2-1-3-7-12/h1-11,17H. The quantitative estimate of drug-likeness (QED) is 0.577. The molecule has 0 aliphatic rings. The molecule has 0 saturated carbocycles. The first-order chi connectivity index (χ1) is 8.36. The van der Waals surface area contributed by atoms with Gasteiger partial charge in [-0.1, -0.05) is 60.7 Å². The Morgan fingerprint density at radius 1 is 0.588 bits per heavy atom. The van der Waals surface area contributed by atoms with Gasteiger partial charge in [-0.2, -0.15) is 0 Å². The van der Waals surface area contributed by atoms with E-state index in [1.165, 1.54) is 21.9 Å². The summed E-state index contributed by atoms with van der Waals surface area (Å²) < 4.78 is 0. The second-order valence-electron chi connectivity index (χ2n) is 4.04. The molecule has 0 aromatic heterocycles. The number of hydrogen-bond donors (Lipinski definition) is 1. The first-order valence-electron chi connectivity index (χ1n) is 5.62. The average Bonchev–Trinajstić information content (AvgIpc) is 2.40. The molecule has 82 valence electrons. The van der Waals surface area contributed by atoms with Crippen molar-refractivity contribution in [1.82, 2.24) is 0 Å². The van der Waals surface area contributed by atoms with Crippen molar-refractivity contribution in [3.8, 4) is 11.1 Å². The third-order valence-corrected chi connectivity index (χ3v) is 3.37. The molecule has 3 rings (SSSR count). The lowest BCUT2D eigenvalue weighted by molar-refractivity contribution is 1.55. The SMILES string of the molecule is Sc1cccc2c(-c3ccccc3)cccc12. The predicted octanol–water partition coefficient (Wildman–Crippen LogP) is 4.80. The van der Waals surface area contributed by atoms with Gasteiger partial charge in [0, 0.05) is 4.90 Å². The molecule has 0 unspecified atom stereocenters. The van der Waals surface area contributed by atoms with E-state index in [1.54, 1.807) is 0 Å². The summed E-state index contributed by atoms with van der Waals surface area (Å²) in [5.41, 5.74) is 2.51. The van der Waals surface area contributed by atoms with Crippen LogP contribution in [0.3, 0.4) is 0 Å². The van der Waals surface area contributed by atoms with Crippen molar-refractivity contribution >= 4 is 23.4 Å². The Hall–Kier alpha value is -1.73. The highest BCUT2D eigenvalue weighted by molar-refractivity contribution is 7.80. The Labute approximate surface area is 106 Å². The first-order valence-corrected chi connectivity index (χ1v) is 6.07. The van der Waals surface area contributed by atoms with Gasteiger partial charge in [-0.05, 0) is 28.0 Å². The van der Waals surface area contributed by atoms with Crippen LogP contribution in [-0.2, 0) is 0 Å². The maximum absolute atomic E-state index is 4.51. The van der Waals surface area contributed by atoms with E-state index in [0.29, 0.717) is 0 Å². The normalized spacial score (nSPS) is 10.6. The fraction of sp³-hybridized carbons (Fsp3) is 0. The molecule has 0 aliphatic heterocycles. The molecule has 3 aromatic rings. The molecular weight excluding hydrogens is 224 g/mol. The molecule has 17 heavy (non-hydrogen) atoms. The molecule has 0 atom stereocenters. The zero-order valence-electron chi connectivity index (χ0n) is 9.30. The summed E-state index contributed by atoms with van der Waals surface area (Å²) in [7, 11) is 0. The molecule has 1 heteroatoms. The van der Waals surface area contributed by atoms with Crippen molar-refractivity contribution in [1.29, 1.82) is 0 Å². The van der Waals surface area contributed by atoms with Crippen molar-refractivity contribution in [2.24, 2.45) is 0 Å². The molecule has 0 saturated heterocycles. The van der Waals surface area contributed by atoms with Gasteiger partial charge in [0.05, 0.1) is 0 Å². The number of rotatable bonds is 1. The largest absolute Gasteiger partial charge is 0.143 e. The monoisotopic (exact) mass is 236 g/mol. The molecular formula is C16H12S. The molecule has 0 bridgehead atoms. The van der Waals surface area contributed by atoms with E-state index >= 15 is 0 Å². The Kier molecular flexibility index (Phi) is 2.62. The highest BCUT2D eigenvalue weighted by Crippen LogP contribution is 2.31. The molecule has 0 spiro atoms. The zero-order chi connectivity index (χ0) is 11.7. The van der Waals surface area contributed by atoms with E-state index < -0.39 is 0 Å². The third-order valence-electron chi connectivity index (χ3n) is 2.98. The van der Waals surface area contributed by atoms with Crippen molar-refractivity contribution in [3.63, 3.8) is 0 Å². The van der Waals surface area contributed by atoms with E-state index in [9.17, 15) is 0 Å². The summed E-state index contributed by atoms with van der Waals surface area (Å²) in [6, 6.07) is 23.0. The van der Waals surface area contributed by atoms with Gasteiger partial charge in [0.15, 0.2) is 0 Å². The van der Waals surface area contributed by atoms with Crippen LogP contribution in [-0.4, -0.2) is 0 Å². The van der Waals surface area contributed by atoms with Crippen LogP contribution in [0.4, 0.5) is 0 Å². The van der Waals surface area contributed by atoms with Crippen LogP contribution >= 0.6 is 12.6 Å². The van der Waals surface area contributed by atoms with E-state index in [-0.39, 0.29) is 0 Å². The van der Waals surface area contributed by atoms with E-state index in [1.807, 2.05) is 12.1 Å². The lowest BCUT2D eigenvalue weighted by atomic mass is 9.98. The molecule has 0 fully saturated rings. The van der Waals surface area contributed by atoms with Gasteiger partial charge in [-0.3, -0.25) is 0 Å². The van der Waals surface area contributed by atoms with Crippen LogP contribution in [0.2, 0.25) is 0 Å². The molecule has 0 radical (unpaired) electrons. The fourth-order valence-electron chi connectivity index (χ4n) is 2.16. The van der Waals surface area contributed by atoms with Gasteiger partial charge in [-0.15, -0.1) is 12.6 Å². The Morgan fingerprint density at radius 3 is 2.12 bits per heavy atom. The van der Waals surface area contributed by atoms with Gasteiger partial charge in [0.25, 0.3) is 0 Å². The molecule has 0 heterocycles. The van der Waals surface area contributed by atoms with E-state index in [4.69, 9.17) is 0 Å². The van der Waals surface area contributed by atoms with E-state index in [2.05, 4.69) is 67.2 Å². The Bertz CT molecular complexity index is 657. The highest BCUT2D eigenvalue weighted by Gasteiger charge is 2.04. The average molecular weight is 236 g/mol. The summed E-state index contributed by atoms with van der Waals surface area (Å²) in [4.78, 5) is 1.03. The topological polar surface area (TPSA) is 0 Å². The minimum Gasteiger partial charge on any atom is -0.143 e. The second kappa shape index (κ2) is 4.27. The third kappa shape index (κ3) is 1.83. The van der Waals surface area contributed by atoms with Crippen molar-refractivity contribution in [2.75, 3.05) is 0 Å². The maximum atomic E-state index is 4.51. The molecule has 0 aliphatic carbocycles. The van der Waals surface area contributed by atoms with Crippen molar-refractivity contribution in [2.45, 2.75) is 4.90 Å². The minimum absolute atomic E-state index is 1.03. The van der Waals surface area contributed by atoms with Crippen molar-refractivity contribution < 1.29 is 0 Å². The van der Waals surface area contributed by atoms with Gasteiger partial charge in [-0.25, -0.2) is 0 Å². The van der Waals surface area contributed by atoms with Crippen molar-refractivity contribution in [3.05, 3.63) is 66.7 Å². The molecule has 0 amide bonds. The summed E-state index contributed by atoms with van der Waals surface area (Å²) in [5.74, 6) is 0. The van der Waals surface area contributed by atoms with Gasteiger partial charge in [0.2, 0.25) is 0 Å². The van der Waals surface area contributed by atoms with Crippen LogP contribution < -0.4 is 0 Å². The lowest BCUT2D eigenvalue weighted by Crippen LogP contribution is -1.81. The fourth-order valence-corrected chi connectivity index (χ4v) is 2.44. The van der Waals surface area contributed by atoms with Gasteiger partial charge < -0.3 is 0 Å². The first kappa shape index (κ1) is 10.4. The number of thiol groups is 1. The molecule has 0 nitrogen and oxygen atoms in total. The highest BCUT2D eigenvalue weighted by atomic mass is 32.1. The summed E-state index contributed by atoms with van der Waals surface area (Å²) in [6.45, 7) is 0. The molecule has 3 aromatic carbocycles. The second-order valence-corrected chi connectivity index (χ2v) is 4.53. The Morgan fingerprint density at radius 2 is 1.29 bits per heavy atom. The number of benzene rings is 3.